The van der Waals surface area contributed by atoms with Crippen LogP contribution in [0.4, 0.5) is 11.4 Å². The van der Waals surface area contributed by atoms with Crippen LogP contribution in [0, 0.1) is 13.8 Å². The standard InChI is InChI=1S/C22H25N3O2S/c1-16-6-5-8-18(17(16)2)23-10-12-24(13-11-23)21(26)14-25-19-7-3-4-9-20(19)28-15-22(25)27/h3-9H,10-15H2,1-2H3. The molecule has 0 aromatic heterocycles. The number of aryl methyl sites for hydroxylation is 1. The number of nitrogens with zero attached hydrogens (tertiary/aromatic N) is 3. The second-order valence-electron chi connectivity index (χ2n) is 7.32. The van der Waals surface area contributed by atoms with Crippen molar-refractivity contribution >= 4 is 35.0 Å². The summed E-state index contributed by atoms with van der Waals surface area (Å²) in [5.41, 5.74) is 4.70. The molecule has 0 radical (unpaired) electrons. The van der Waals surface area contributed by atoms with E-state index < -0.39 is 0 Å². The monoisotopic (exact) mass is 395 g/mol. The maximum absolute atomic E-state index is 12.9. The van der Waals surface area contributed by atoms with Gasteiger partial charge in [-0.05, 0) is 43.2 Å². The number of fused-ring (bicyclic) bond motifs is 1. The van der Waals surface area contributed by atoms with Crippen LogP contribution in [-0.2, 0) is 9.59 Å². The average Bonchev–Trinajstić information content (AvgIpc) is 2.72. The minimum atomic E-state index is 0.00562. The molecule has 0 saturated carbocycles. The highest BCUT2D eigenvalue weighted by Gasteiger charge is 2.29. The first kappa shape index (κ1) is 18.9. The van der Waals surface area contributed by atoms with Gasteiger partial charge in [-0.25, -0.2) is 0 Å². The zero-order chi connectivity index (χ0) is 19.7. The zero-order valence-electron chi connectivity index (χ0n) is 16.4. The van der Waals surface area contributed by atoms with E-state index in [-0.39, 0.29) is 18.4 Å². The van der Waals surface area contributed by atoms with Crippen molar-refractivity contribution in [3.05, 3.63) is 53.6 Å². The number of piperazine rings is 1. The fraction of sp³-hybridized carbons (Fsp3) is 0.364. The topological polar surface area (TPSA) is 43.9 Å². The van der Waals surface area contributed by atoms with Gasteiger partial charge in [-0.2, -0.15) is 0 Å². The summed E-state index contributed by atoms with van der Waals surface area (Å²) in [6.07, 6.45) is 0. The molecule has 0 atom stereocenters. The van der Waals surface area contributed by atoms with E-state index in [4.69, 9.17) is 0 Å². The SMILES string of the molecule is Cc1cccc(N2CCN(C(=O)CN3C(=O)CSc4ccccc43)CC2)c1C. The van der Waals surface area contributed by atoms with Crippen molar-refractivity contribution in [1.82, 2.24) is 4.90 Å². The Bertz CT molecular complexity index is 906. The molecule has 2 aliphatic rings. The average molecular weight is 396 g/mol. The van der Waals surface area contributed by atoms with Crippen molar-refractivity contribution in [2.75, 3.05) is 48.3 Å². The molecular weight excluding hydrogens is 370 g/mol. The lowest BCUT2D eigenvalue weighted by Crippen LogP contribution is -2.52. The zero-order valence-corrected chi connectivity index (χ0v) is 17.2. The van der Waals surface area contributed by atoms with Crippen LogP contribution < -0.4 is 9.80 Å². The van der Waals surface area contributed by atoms with Crippen molar-refractivity contribution in [1.29, 1.82) is 0 Å². The van der Waals surface area contributed by atoms with Crippen LogP contribution in [0.3, 0.4) is 0 Å². The van der Waals surface area contributed by atoms with Crippen LogP contribution in [0.15, 0.2) is 47.4 Å². The number of carbonyl (C=O) groups excluding carboxylic acids is 2. The van der Waals surface area contributed by atoms with Crippen LogP contribution in [-0.4, -0.2) is 55.2 Å². The highest BCUT2D eigenvalue weighted by molar-refractivity contribution is 8.00. The van der Waals surface area contributed by atoms with Crippen molar-refractivity contribution in [3.8, 4) is 0 Å². The minimum Gasteiger partial charge on any atom is -0.368 e. The third-order valence-corrected chi connectivity index (χ3v) is 6.70. The van der Waals surface area contributed by atoms with E-state index in [0.717, 1.165) is 23.7 Å². The molecule has 5 nitrogen and oxygen atoms in total. The van der Waals surface area contributed by atoms with E-state index in [1.807, 2.05) is 29.2 Å². The smallest absolute Gasteiger partial charge is 0.242 e. The largest absolute Gasteiger partial charge is 0.368 e. The first-order chi connectivity index (χ1) is 13.5. The molecule has 0 unspecified atom stereocenters. The molecule has 6 heteroatoms. The van der Waals surface area contributed by atoms with Gasteiger partial charge in [0.1, 0.15) is 6.54 Å². The lowest BCUT2D eigenvalue weighted by atomic mass is 10.1. The molecule has 0 spiro atoms. The first-order valence-corrected chi connectivity index (χ1v) is 10.6. The molecule has 1 fully saturated rings. The fourth-order valence-electron chi connectivity index (χ4n) is 3.84. The van der Waals surface area contributed by atoms with Gasteiger partial charge in [0.25, 0.3) is 0 Å². The Morgan fingerprint density at radius 1 is 0.964 bits per heavy atom. The molecule has 2 amide bonds. The van der Waals surface area contributed by atoms with Gasteiger partial charge in [0, 0.05) is 36.8 Å². The minimum absolute atomic E-state index is 0.00562. The molecule has 0 N–H and O–H groups in total. The number of hydrogen-bond donors (Lipinski definition) is 0. The maximum atomic E-state index is 12.9. The Labute approximate surface area is 170 Å². The lowest BCUT2D eigenvalue weighted by Gasteiger charge is -2.38. The lowest BCUT2D eigenvalue weighted by molar-refractivity contribution is -0.131. The number of anilines is 2. The van der Waals surface area contributed by atoms with Crippen LogP contribution in [0.25, 0.3) is 0 Å². The van der Waals surface area contributed by atoms with Gasteiger partial charge in [-0.3, -0.25) is 9.59 Å². The van der Waals surface area contributed by atoms with E-state index in [1.54, 1.807) is 16.7 Å². The Balaban J connectivity index is 1.41. The summed E-state index contributed by atoms with van der Waals surface area (Å²) >= 11 is 1.54. The summed E-state index contributed by atoms with van der Waals surface area (Å²) in [6.45, 7) is 7.41. The Morgan fingerprint density at radius 3 is 2.46 bits per heavy atom. The summed E-state index contributed by atoms with van der Waals surface area (Å²) in [5, 5.41) is 0. The van der Waals surface area contributed by atoms with Crippen molar-refractivity contribution in [2.24, 2.45) is 0 Å². The van der Waals surface area contributed by atoms with Crippen molar-refractivity contribution < 1.29 is 9.59 Å². The Morgan fingerprint density at radius 2 is 1.68 bits per heavy atom. The Kier molecular flexibility index (Phi) is 5.31. The first-order valence-electron chi connectivity index (χ1n) is 9.66. The number of carbonyl (C=O) groups is 2. The number of rotatable bonds is 3. The number of para-hydroxylation sites is 1. The van der Waals surface area contributed by atoms with Gasteiger partial charge in [0.2, 0.25) is 11.8 Å². The Hall–Kier alpha value is -2.47. The molecular formula is C22H25N3O2S. The van der Waals surface area contributed by atoms with E-state index in [1.165, 1.54) is 16.8 Å². The number of benzene rings is 2. The summed E-state index contributed by atoms with van der Waals surface area (Å²) in [5.74, 6) is 0.423. The molecule has 2 aliphatic heterocycles. The van der Waals surface area contributed by atoms with Crippen LogP contribution in [0.2, 0.25) is 0 Å². The molecule has 146 valence electrons. The quantitative estimate of drug-likeness (QED) is 0.801. The second-order valence-corrected chi connectivity index (χ2v) is 8.34. The molecule has 4 rings (SSSR count). The summed E-state index contributed by atoms with van der Waals surface area (Å²) in [4.78, 5) is 32.2. The molecule has 2 heterocycles. The van der Waals surface area contributed by atoms with E-state index in [2.05, 4.69) is 36.9 Å². The predicted molar refractivity (Wildman–Crippen MR) is 114 cm³/mol. The third kappa shape index (κ3) is 3.61. The molecule has 0 bridgehead atoms. The molecule has 0 aliphatic carbocycles. The summed E-state index contributed by atoms with van der Waals surface area (Å²) in [7, 11) is 0. The van der Waals surface area contributed by atoms with Gasteiger partial charge in [-0.15, -0.1) is 11.8 Å². The van der Waals surface area contributed by atoms with Crippen LogP contribution in [0.5, 0.6) is 0 Å². The van der Waals surface area contributed by atoms with Gasteiger partial charge >= 0.3 is 0 Å². The highest BCUT2D eigenvalue weighted by atomic mass is 32.2. The normalized spacial score (nSPS) is 16.9. The van der Waals surface area contributed by atoms with E-state index in [9.17, 15) is 9.59 Å². The maximum Gasteiger partial charge on any atom is 0.242 e. The van der Waals surface area contributed by atoms with E-state index in [0.29, 0.717) is 18.8 Å². The predicted octanol–water partition coefficient (Wildman–Crippen LogP) is 3.09. The third-order valence-electron chi connectivity index (χ3n) is 5.65. The van der Waals surface area contributed by atoms with Crippen molar-refractivity contribution in [2.45, 2.75) is 18.7 Å². The number of hydrogen-bond acceptors (Lipinski definition) is 4. The number of amides is 2. The second kappa shape index (κ2) is 7.87. The highest BCUT2D eigenvalue weighted by Crippen LogP contribution is 2.34. The van der Waals surface area contributed by atoms with Gasteiger partial charge < -0.3 is 14.7 Å². The van der Waals surface area contributed by atoms with Gasteiger partial charge in [0.15, 0.2) is 0 Å². The van der Waals surface area contributed by atoms with Crippen LogP contribution in [0.1, 0.15) is 11.1 Å². The molecule has 2 aromatic carbocycles. The molecule has 1 saturated heterocycles. The van der Waals surface area contributed by atoms with Crippen molar-refractivity contribution in [3.63, 3.8) is 0 Å². The number of thioether (sulfide) groups is 1. The molecule has 28 heavy (non-hydrogen) atoms. The summed E-state index contributed by atoms with van der Waals surface area (Å²) < 4.78 is 0. The fourth-order valence-corrected chi connectivity index (χ4v) is 4.77. The molecule has 2 aromatic rings. The van der Waals surface area contributed by atoms with E-state index >= 15 is 0 Å². The van der Waals surface area contributed by atoms with Crippen LogP contribution >= 0.6 is 11.8 Å². The van der Waals surface area contributed by atoms with Gasteiger partial charge in [0.05, 0.1) is 11.4 Å². The van der Waals surface area contributed by atoms with Gasteiger partial charge in [-0.1, -0.05) is 24.3 Å². The summed E-state index contributed by atoms with van der Waals surface area (Å²) in [6, 6.07) is 14.2.